The van der Waals surface area contributed by atoms with Gasteiger partial charge in [-0.25, -0.2) is 0 Å². The molecule has 1 N–H and O–H groups in total. The fourth-order valence-corrected chi connectivity index (χ4v) is 0.908. The van der Waals surface area contributed by atoms with Crippen molar-refractivity contribution in [1.29, 1.82) is 0 Å². The van der Waals surface area contributed by atoms with E-state index in [-0.39, 0.29) is 5.75 Å². The summed E-state index contributed by atoms with van der Waals surface area (Å²) in [6.45, 7) is 0.719. The summed E-state index contributed by atoms with van der Waals surface area (Å²) in [5, 5.41) is 2.96. The smallest absolute Gasteiger partial charge is 0.172 e. The summed E-state index contributed by atoms with van der Waals surface area (Å²) < 4.78 is 11.6. The summed E-state index contributed by atoms with van der Waals surface area (Å²) in [5.41, 5.74) is 1.00. The zero-order valence-electron chi connectivity index (χ0n) is 6.30. The van der Waals surface area contributed by atoms with Gasteiger partial charge in [-0.2, -0.15) is 0 Å². The Kier molecular flexibility index (Phi) is 2.86. The molecule has 0 atom stereocenters. The SMILES string of the molecule is CNCc1cccc(OF)c1. The first-order valence-corrected chi connectivity index (χ1v) is 3.39. The molecule has 11 heavy (non-hydrogen) atoms. The van der Waals surface area contributed by atoms with Crippen molar-refractivity contribution in [1.82, 2.24) is 5.32 Å². The molecule has 2 nitrogen and oxygen atoms in total. The normalized spacial score (nSPS) is 9.64. The molecule has 0 aromatic heterocycles. The largest absolute Gasteiger partial charge is 0.316 e. The van der Waals surface area contributed by atoms with Crippen LogP contribution in [0.15, 0.2) is 24.3 Å². The lowest BCUT2D eigenvalue weighted by molar-refractivity contribution is -0.00629. The third-order valence-electron chi connectivity index (χ3n) is 1.37. The molecule has 0 heterocycles. The lowest BCUT2D eigenvalue weighted by Gasteiger charge is -1.99. The van der Waals surface area contributed by atoms with E-state index >= 15 is 0 Å². The Balaban J connectivity index is 2.74. The molecule has 0 spiro atoms. The highest BCUT2D eigenvalue weighted by Gasteiger charge is 1.94. The maximum absolute atomic E-state index is 11.6. The number of halogens is 1. The van der Waals surface area contributed by atoms with E-state index in [1.165, 1.54) is 0 Å². The zero-order chi connectivity index (χ0) is 8.10. The molecule has 0 saturated carbocycles. The zero-order valence-corrected chi connectivity index (χ0v) is 6.30. The van der Waals surface area contributed by atoms with Gasteiger partial charge < -0.3 is 5.32 Å². The average molecular weight is 155 g/mol. The van der Waals surface area contributed by atoms with Crippen molar-refractivity contribution < 1.29 is 9.47 Å². The summed E-state index contributed by atoms with van der Waals surface area (Å²) in [5.74, 6) is 0.248. The van der Waals surface area contributed by atoms with Gasteiger partial charge in [-0.3, -0.25) is 4.94 Å². The molecule has 1 aromatic carbocycles. The number of hydrogen-bond donors (Lipinski definition) is 1. The van der Waals surface area contributed by atoms with Crippen molar-refractivity contribution in [2.45, 2.75) is 6.54 Å². The monoisotopic (exact) mass is 155 g/mol. The minimum atomic E-state index is 0.248. The first-order valence-electron chi connectivity index (χ1n) is 3.39. The second kappa shape index (κ2) is 3.93. The van der Waals surface area contributed by atoms with Gasteiger partial charge in [0.2, 0.25) is 0 Å². The lowest BCUT2D eigenvalue weighted by atomic mass is 10.2. The maximum atomic E-state index is 11.6. The molecule has 0 saturated heterocycles. The number of nitrogens with one attached hydrogen (secondary N) is 1. The van der Waals surface area contributed by atoms with Gasteiger partial charge in [0.15, 0.2) is 5.75 Å². The van der Waals surface area contributed by atoms with E-state index in [0.29, 0.717) is 0 Å². The molecule has 0 fully saturated rings. The van der Waals surface area contributed by atoms with Gasteiger partial charge in [0.1, 0.15) is 0 Å². The van der Waals surface area contributed by atoms with Crippen LogP contribution in [0.1, 0.15) is 5.56 Å². The van der Waals surface area contributed by atoms with Crippen molar-refractivity contribution in [3.63, 3.8) is 0 Å². The fourth-order valence-electron chi connectivity index (χ4n) is 0.908. The second-order valence-electron chi connectivity index (χ2n) is 2.25. The van der Waals surface area contributed by atoms with E-state index in [1.54, 1.807) is 18.2 Å². The Morgan fingerprint density at radius 3 is 3.00 bits per heavy atom. The van der Waals surface area contributed by atoms with Crippen LogP contribution < -0.4 is 10.3 Å². The molecule has 3 heteroatoms. The van der Waals surface area contributed by atoms with Gasteiger partial charge in [0.25, 0.3) is 0 Å². The van der Waals surface area contributed by atoms with Crippen molar-refractivity contribution in [2.75, 3.05) is 7.05 Å². The van der Waals surface area contributed by atoms with Crippen molar-refractivity contribution in [2.24, 2.45) is 0 Å². The fraction of sp³-hybridized carbons (Fsp3) is 0.250. The van der Waals surface area contributed by atoms with E-state index in [9.17, 15) is 4.53 Å². The van der Waals surface area contributed by atoms with Crippen LogP contribution in [0.4, 0.5) is 4.53 Å². The molecule has 1 aromatic rings. The van der Waals surface area contributed by atoms with Crippen LogP contribution in [0.25, 0.3) is 0 Å². The average Bonchev–Trinajstić information content (AvgIpc) is 2.06. The van der Waals surface area contributed by atoms with E-state index in [2.05, 4.69) is 10.3 Å². The Bertz CT molecular complexity index is 227. The van der Waals surface area contributed by atoms with E-state index < -0.39 is 0 Å². The van der Waals surface area contributed by atoms with Gasteiger partial charge in [0, 0.05) is 11.1 Å². The van der Waals surface area contributed by atoms with Crippen molar-refractivity contribution in [3.05, 3.63) is 29.8 Å². The number of hydrogen-bond acceptors (Lipinski definition) is 2. The van der Waals surface area contributed by atoms with Crippen LogP contribution in [-0.2, 0) is 6.54 Å². The topological polar surface area (TPSA) is 21.3 Å². The molecular weight excluding hydrogens is 145 g/mol. The van der Waals surface area contributed by atoms with Crippen molar-refractivity contribution >= 4 is 0 Å². The first-order chi connectivity index (χ1) is 5.36. The molecule has 0 aliphatic carbocycles. The van der Waals surface area contributed by atoms with E-state index in [4.69, 9.17) is 0 Å². The minimum absolute atomic E-state index is 0.248. The number of benzene rings is 1. The quantitative estimate of drug-likeness (QED) is 0.716. The van der Waals surface area contributed by atoms with Crippen LogP contribution in [0, 0.1) is 0 Å². The summed E-state index contributed by atoms with van der Waals surface area (Å²) >= 11 is 0. The van der Waals surface area contributed by atoms with E-state index in [0.717, 1.165) is 12.1 Å². The summed E-state index contributed by atoms with van der Waals surface area (Å²) in [6, 6.07) is 6.87. The summed E-state index contributed by atoms with van der Waals surface area (Å²) in [7, 11) is 1.84. The molecule has 1 rings (SSSR count). The lowest BCUT2D eigenvalue weighted by Crippen LogP contribution is -2.04. The maximum Gasteiger partial charge on any atom is 0.172 e. The Labute approximate surface area is 64.9 Å². The predicted molar refractivity (Wildman–Crippen MR) is 40.9 cm³/mol. The number of rotatable bonds is 3. The van der Waals surface area contributed by atoms with Crippen LogP contribution in [0.5, 0.6) is 5.75 Å². The minimum Gasteiger partial charge on any atom is -0.316 e. The van der Waals surface area contributed by atoms with Gasteiger partial charge in [-0.1, -0.05) is 12.1 Å². The Morgan fingerprint density at radius 2 is 2.36 bits per heavy atom. The highest BCUT2D eigenvalue weighted by molar-refractivity contribution is 5.27. The summed E-state index contributed by atoms with van der Waals surface area (Å²) in [4.78, 5) is 3.57. The molecule has 0 amide bonds. The van der Waals surface area contributed by atoms with Crippen LogP contribution in [0.2, 0.25) is 0 Å². The standard InChI is InChI=1S/C8H10FNO/c1-10-6-7-3-2-4-8(5-7)11-9/h2-5,10H,6H2,1H3. The third-order valence-corrected chi connectivity index (χ3v) is 1.37. The molecule has 0 bridgehead atoms. The van der Waals surface area contributed by atoms with Crippen molar-refractivity contribution in [3.8, 4) is 5.75 Å². The first kappa shape index (κ1) is 8.01. The molecule has 0 aliphatic heterocycles. The van der Waals surface area contributed by atoms with Gasteiger partial charge in [-0.05, 0) is 24.7 Å². The van der Waals surface area contributed by atoms with Gasteiger partial charge in [-0.15, -0.1) is 0 Å². The third kappa shape index (κ3) is 2.20. The van der Waals surface area contributed by atoms with Gasteiger partial charge in [0.05, 0.1) is 0 Å². The predicted octanol–water partition coefficient (Wildman–Crippen LogP) is 1.67. The molecular formula is C8H10FNO. The Hall–Kier alpha value is -1.09. The highest BCUT2D eigenvalue weighted by Crippen LogP contribution is 2.12. The molecule has 0 unspecified atom stereocenters. The van der Waals surface area contributed by atoms with Crippen LogP contribution in [-0.4, -0.2) is 7.05 Å². The van der Waals surface area contributed by atoms with Crippen LogP contribution >= 0.6 is 0 Å². The summed E-state index contributed by atoms with van der Waals surface area (Å²) in [6.07, 6.45) is 0. The Morgan fingerprint density at radius 1 is 1.55 bits per heavy atom. The van der Waals surface area contributed by atoms with Gasteiger partial charge >= 0.3 is 0 Å². The van der Waals surface area contributed by atoms with Crippen LogP contribution in [0.3, 0.4) is 0 Å². The second-order valence-corrected chi connectivity index (χ2v) is 2.25. The molecule has 60 valence electrons. The molecule has 0 aliphatic rings. The van der Waals surface area contributed by atoms with E-state index in [1.807, 2.05) is 13.1 Å². The highest BCUT2D eigenvalue weighted by atomic mass is 19.3. The molecule has 0 radical (unpaired) electrons.